The Kier molecular flexibility index (Phi) is 1.92. The number of rotatable bonds is 1. The number of carbonyl (C=O) groups excluding carboxylic acids is 1. The Balaban J connectivity index is 2.93. The molecule has 66 valence electrons. The second-order valence-electron chi connectivity index (χ2n) is 2.85. The van der Waals surface area contributed by atoms with Gasteiger partial charge in [-0.15, -0.1) is 0 Å². The first-order valence-corrected chi connectivity index (χ1v) is 4.61. The molecule has 0 aliphatic heterocycles. The Morgan fingerprint density at radius 2 is 2.31 bits per heavy atom. The summed E-state index contributed by atoms with van der Waals surface area (Å²) in [7, 11) is 0. The maximum atomic E-state index is 10.7. The van der Waals surface area contributed by atoms with E-state index in [0.29, 0.717) is 5.69 Å². The summed E-state index contributed by atoms with van der Waals surface area (Å²) >= 11 is 3.43. The van der Waals surface area contributed by atoms with Gasteiger partial charge in [0.2, 0.25) is 0 Å². The van der Waals surface area contributed by atoms with Gasteiger partial charge in [0.25, 0.3) is 0 Å². The van der Waals surface area contributed by atoms with Crippen LogP contribution in [0, 0.1) is 6.92 Å². The Labute approximate surface area is 83.3 Å². The average Bonchev–Trinajstić information content (AvgIpc) is 2.55. The third-order valence-corrected chi connectivity index (χ3v) is 3.02. The molecule has 0 aliphatic carbocycles. The topological polar surface area (TPSA) is 45.8 Å². The van der Waals surface area contributed by atoms with Crippen molar-refractivity contribution in [3.8, 4) is 0 Å². The summed E-state index contributed by atoms with van der Waals surface area (Å²) in [5, 5.41) is 7.55. The summed E-state index contributed by atoms with van der Waals surface area (Å²) in [5.74, 6) is 0. The van der Waals surface area contributed by atoms with Crippen LogP contribution in [0.3, 0.4) is 0 Å². The van der Waals surface area contributed by atoms with Crippen molar-refractivity contribution in [2.24, 2.45) is 0 Å². The Morgan fingerprint density at radius 3 is 3.00 bits per heavy atom. The van der Waals surface area contributed by atoms with E-state index in [9.17, 15) is 4.79 Å². The lowest BCUT2D eigenvalue weighted by molar-refractivity contribution is 0.112. The molecule has 0 saturated carbocycles. The lowest BCUT2D eigenvalue weighted by Gasteiger charge is -1.97. The number of nitrogens with one attached hydrogen (secondary N) is 1. The van der Waals surface area contributed by atoms with E-state index in [0.717, 1.165) is 27.2 Å². The van der Waals surface area contributed by atoms with Gasteiger partial charge >= 0.3 is 0 Å². The number of hydrogen-bond acceptors (Lipinski definition) is 2. The van der Waals surface area contributed by atoms with Gasteiger partial charge in [0.15, 0.2) is 6.29 Å². The number of nitrogens with zero attached hydrogens (tertiary/aromatic N) is 1. The monoisotopic (exact) mass is 238 g/mol. The SMILES string of the molecule is Cc1ccc2n[nH]c(C=O)c2c1Br. The van der Waals surface area contributed by atoms with Crippen LogP contribution >= 0.6 is 15.9 Å². The molecule has 4 heteroatoms. The van der Waals surface area contributed by atoms with Gasteiger partial charge in [0.1, 0.15) is 5.69 Å². The minimum Gasteiger partial charge on any atom is -0.296 e. The maximum Gasteiger partial charge on any atom is 0.168 e. The molecule has 0 amide bonds. The van der Waals surface area contributed by atoms with Crippen molar-refractivity contribution in [3.63, 3.8) is 0 Å². The Morgan fingerprint density at radius 1 is 1.54 bits per heavy atom. The number of aromatic amines is 1. The number of halogens is 1. The third-order valence-electron chi connectivity index (χ3n) is 2.00. The Hall–Kier alpha value is -1.16. The number of aldehydes is 1. The van der Waals surface area contributed by atoms with Crippen molar-refractivity contribution >= 4 is 33.1 Å². The second-order valence-corrected chi connectivity index (χ2v) is 3.64. The number of H-pyrrole nitrogens is 1. The molecule has 13 heavy (non-hydrogen) atoms. The molecule has 1 aromatic carbocycles. The van der Waals surface area contributed by atoms with E-state index in [2.05, 4.69) is 26.1 Å². The zero-order valence-electron chi connectivity index (χ0n) is 6.97. The molecule has 3 nitrogen and oxygen atoms in total. The zero-order chi connectivity index (χ0) is 9.42. The average molecular weight is 239 g/mol. The van der Waals surface area contributed by atoms with E-state index >= 15 is 0 Å². The quantitative estimate of drug-likeness (QED) is 0.777. The Bertz CT molecular complexity index is 476. The fourth-order valence-corrected chi connectivity index (χ4v) is 1.83. The van der Waals surface area contributed by atoms with Gasteiger partial charge in [-0.05, 0) is 34.5 Å². The third kappa shape index (κ3) is 1.18. The summed E-state index contributed by atoms with van der Waals surface area (Å²) in [4.78, 5) is 10.7. The summed E-state index contributed by atoms with van der Waals surface area (Å²) in [6.45, 7) is 1.98. The molecule has 1 heterocycles. The molecule has 2 aromatic rings. The highest BCUT2D eigenvalue weighted by Gasteiger charge is 2.09. The molecule has 0 bridgehead atoms. The molecule has 0 atom stereocenters. The van der Waals surface area contributed by atoms with Crippen LogP contribution in [0.2, 0.25) is 0 Å². The van der Waals surface area contributed by atoms with Crippen LogP contribution in [0.15, 0.2) is 16.6 Å². The number of carbonyl (C=O) groups is 1. The van der Waals surface area contributed by atoms with Crippen LogP contribution in [0.1, 0.15) is 16.1 Å². The van der Waals surface area contributed by atoms with Crippen molar-refractivity contribution in [1.82, 2.24) is 10.2 Å². The standard InChI is InChI=1S/C9H7BrN2O/c1-5-2-3-6-8(9(5)10)7(4-13)12-11-6/h2-4H,1H3,(H,11,12). The lowest BCUT2D eigenvalue weighted by Crippen LogP contribution is -1.82. The first-order valence-electron chi connectivity index (χ1n) is 3.82. The smallest absolute Gasteiger partial charge is 0.168 e. The highest BCUT2D eigenvalue weighted by molar-refractivity contribution is 9.10. The number of benzene rings is 1. The van der Waals surface area contributed by atoms with Crippen LogP contribution in [0.4, 0.5) is 0 Å². The molecule has 0 spiro atoms. The molecule has 0 radical (unpaired) electrons. The van der Waals surface area contributed by atoms with E-state index in [1.54, 1.807) is 0 Å². The fourth-order valence-electron chi connectivity index (χ4n) is 1.28. The summed E-state index contributed by atoms with van der Waals surface area (Å²) in [5.41, 5.74) is 2.42. The van der Waals surface area contributed by atoms with Crippen molar-refractivity contribution in [2.75, 3.05) is 0 Å². The molecule has 2 rings (SSSR count). The van der Waals surface area contributed by atoms with Crippen molar-refractivity contribution in [3.05, 3.63) is 27.9 Å². The van der Waals surface area contributed by atoms with Gasteiger partial charge in [-0.25, -0.2) is 0 Å². The van der Waals surface area contributed by atoms with Gasteiger partial charge in [0, 0.05) is 9.86 Å². The van der Waals surface area contributed by atoms with Crippen LogP contribution in [-0.4, -0.2) is 16.5 Å². The van der Waals surface area contributed by atoms with Crippen LogP contribution in [-0.2, 0) is 0 Å². The lowest BCUT2D eigenvalue weighted by atomic mass is 10.1. The molecular weight excluding hydrogens is 232 g/mol. The molecule has 0 unspecified atom stereocenters. The summed E-state index contributed by atoms with van der Waals surface area (Å²) < 4.78 is 0.931. The molecule has 0 aliphatic rings. The number of hydrogen-bond donors (Lipinski definition) is 1. The maximum absolute atomic E-state index is 10.7. The molecule has 1 N–H and O–H groups in total. The van der Waals surface area contributed by atoms with Crippen molar-refractivity contribution < 1.29 is 4.79 Å². The van der Waals surface area contributed by atoms with E-state index in [-0.39, 0.29) is 0 Å². The van der Waals surface area contributed by atoms with Crippen LogP contribution in [0.25, 0.3) is 10.9 Å². The number of aromatic nitrogens is 2. The first kappa shape index (κ1) is 8.44. The van der Waals surface area contributed by atoms with Gasteiger partial charge in [-0.2, -0.15) is 5.10 Å². The van der Waals surface area contributed by atoms with Crippen molar-refractivity contribution in [2.45, 2.75) is 6.92 Å². The molecular formula is C9H7BrN2O. The normalized spacial score (nSPS) is 10.6. The first-order chi connectivity index (χ1) is 6.24. The minimum atomic E-state index is 0.519. The predicted molar refractivity (Wildman–Crippen MR) is 53.9 cm³/mol. The molecule has 0 saturated heterocycles. The van der Waals surface area contributed by atoms with Gasteiger partial charge < -0.3 is 0 Å². The predicted octanol–water partition coefficient (Wildman–Crippen LogP) is 2.45. The zero-order valence-corrected chi connectivity index (χ0v) is 8.55. The van der Waals surface area contributed by atoms with Crippen LogP contribution in [0.5, 0.6) is 0 Å². The van der Waals surface area contributed by atoms with Gasteiger partial charge in [-0.3, -0.25) is 9.89 Å². The van der Waals surface area contributed by atoms with Gasteiger partial charge in [0.05, 0.1) is 5.52 Å². The highest BCUT2D eigenvalue weighted by atomic mass is 79.9. The van der Waals surface area contributed by atoms with E-state index in [1.807, 2.05) is 19.1 Å². The molecule has 0 fully saturated rings. The number of fused-ring (bicyclic) bond motifs is 1. The highest BCUT2D eigenvalue weighted by Crippen LogP contribution is 2.27. The van der Waals surface area contributed by atoms with Crippen LogP contribution < -0.4 is 0 Å². The molecule has 1 aromatic heterocycles. The summed E-state index contributed by atoms with van der Waals surface area (Å²) in [6, 6.07) is 3.85. The number of aryl methyl sites for hydroxylation is 1. The summed E-state index contributed by atoms with van der Waals surface area (Å²) in [6.07, 6.45) is 0.777. The van der Waals surface area contributed by atoms with E-state index < -0.39 is 0 Å². The largest absolute Gasteiger partial charge is 0.296 e. The van der Waals surface area contributed by atoms with Gasteiger partial charge in [-0.1, -0.05) is 6.07 Å². The van der Waals surface area contributed by atoms with E-state index in [4.69, 9.17) is 0 Å². The van der Waals surface area contributed by atoms with Crippen molar-refractivity contribution in [1.29, 1.82) is 0 Å². The second kappa shape index (κ2) is 2.96. The minimum absolute atomic E-state index is 0.519. The van der Waals surface area contributed by atoms with E-state index in [1.165, 1.54) is 0 Å². The fraction of sp³-hybridized carbons (Fsp3) is 0.111.